The lowest BCUT2D eigenvalue weighted by molar-refractivity contribution is -0.274. The Morgan fingerprint density at radius 1 is 1.28 bits per heavy atom. The molecule has 2 saturated heterocycles. The highest BCUT2D eigenvalue weighted by molar-refractivity contribution is 6.22. The summed E-state index contributed by atoms with van der Waals surface area (Å²) in [5, 5.41) is 0. The molecule has 0 aromatic heterocycles. The van der Waals surface area contributed by atoms with E-state index in [1.54, 1.807) is 11.8 Å². The van der Waals surface area contributed by atoms with Crippen LogP contribution in [0.1, 0.15) is 26.2 Å². The van der Waals surface area contributed by atoms with Crippen LogP contribution in [0.15, 0.2) is 24.3 Å². The fraction of sp³-hybridized carbons (Fsp3) is 0.526. The zero-order valence-corrected chi connectivity index (χ0v) is 15.8. The molecule has 7 nitrogen and oxygen atoms in total. The Morgan fingerprint density at radius 3 is 2.72 bits per heavy atom. The molecule has 1 aromatic rings. The molecular formula is C19H21F3N2O5. The third kappa shape index (κ3) is 4.87. The summed E-state index contributed by atoms with van der Waals surface area (Å²) in [7, 11) is 0. The Labute approximate surface area is 165 Å². The lowest BCUT2D eigenvalue weighted by Crippen LogP contribution is -2.48. The largest absolute Gasteiger partial charge is 0.573 e. The fourth-order valence-electron chi connectivity index (χ4n) is 3.73. The van der Waals surface area contributed by atoms with Crippen LogP contribution in [0.4, 0.5) is 18.9 Å². The number of hydrogen-bond acceptors (Lipinski definition) is 6. The van der Waals surface area contributed by atoms with Gasteiger partial charge >= 0.3 is 12.3 Å². The smallest absolute Gasteiger partial charge is 0.466 e. The molecule has 0 saturated carbocycles. The number of halogens is 3. The molecule has 0 aliphatic carbocycles. The minimum absolute atomic E-state index is 0.0169. The summed E-state index contributed by atoms with van der Waals surface area (Å²) >= 11 is 0. The number of carbonyl (C=O) groups excluding carboxylic acids is 3. The highest BCUT2D eigenvalue weighted by Gasteiger charge is 2.44. The number of esters is 1. The number of carbonyl (C=O) groups is 3. The number of alkyl halides is 3. The van der Waals surface area contributed by atoms with E-state index in [-0.39, 0.29) is 30.6 Å². The standard InChI is InChI=1S/C19H21F3N2O5/c1-2-28-18(27)12-5-4-8-23(11-12)15-10-16(25)24(17(15)26)13-6-3-7-14(9-13)29-19(20,21)22/h3,6-7,9,12,15H,2,4-5,8,10-11H2,1H3. The molecule has 0 N–H and O–H groups in total. The van der Waals surface area contributed by atoms with Gasteiger partial charge in [0.05, 0.1) is 30.7 Å². The van der Waals surface area contributed by atoms with E-state index in [0.29, 0.717) is 25.9 Å². The van der Waals surface area contributed by atoms with E-state index in [4.69, 9.17) is 4.74 Å². The maximum Gasteiger partial charge on any atom is 0.573 e. The number of benzene rings is 1. The topological polar surface area (TPSA) is 76.2 Å². The predicted molar refractivity (Wildman–Crippen MR) is 95.0 cm³/mol. The highest BCUT2D eigenvalue weighted by Crippen LogP contribution is 2.32. The van der Waals surface area contributed by atoms with Crippen LogP contribution in [0.2, 0.25) is 0 Å². The van der Waals surface area contributed by atoms with E-state index in [2.05, 4.69) is 4.74 Å². The van der Waals surface area contributed by atoms with Crippen molar-refractivity contribution in [1.82, 2.24) is 4.90 Å². The van der Waals surface area contributed by atoms with Crippen molar-refractivity contribution in [3.8, 4) is 5.75 Å². The number of hydrogen-bond donors (Lipinski definition) is 0. The Hall–Kier alpha value is -2.62. The second-order valence-electron chi connectivity index (χ2n) is 6.92. The molecule has 2 fully saturated rings. The first-order chi connectivity index (χ1) is 13.7. The summed E-state index contributed by atoms with van der Waals surface area (Å²) in [6, 6.07) is 3.99. The van der Waals surface area contributed by atoms with Gasteiger partial charge in [-0.15, -0.1) is 13.2 Å². The Balaban J connectivity index is 1.75. The fourth-order valence-corrected chi connectivity index (χ4v) is 3.73. The molecule has 0 bridgehead atoms. The van der Waals surface area contributed by atoms with Crippen molar-refractivity contribution in [1.29, 1.82) is 0 Å². The summed E-state index contributed by atoms with van der Waals surface area (Å²) in [6.07, 6.45) is -3.66. The molecule has 2 amide bonds. The van der Waals surface area contributed by atoms with Crippen LogP contribution in [0, 0.1) is 5.92 Å². The summed E-state index contributed by atoms with van der Waals surface area (Å²) in [6.45, 7) is 2.82. The first kappa shape index (κ1) is 21.1. The molecule has 10 heteroatoms. The molecule has 1 aromatic carbocycles. The third-order valence-corrected chi connectivity index (χ3v) is 4.95. The van der Waals surface area contributed by atoms with Gasteiger partial charge in [0.25, 0.3) is 5.91 Å². The first-order valence-corrected chi connectivity index (χ1v) is 9.33. The SMILES string of the molecule is CCOC(=O)C1CCCN(C2CC(=O)N(c3cccc(OC(F)(F)F)c3)C2=O)C1. The molecule has 2 unspecified atom stereocenters. The number of imide groups is 1. The highest BCUT2D eigenvalue weighted by atomic mass is 19.4. The second-order valence-corrected chi connectivity index (χ2v) is 6.92. The molecule has 3 rings (SSSR count). The summed E-state index contributed by atoms with van der Waals surface area (Å²) < 4.78 is 46.3. The van der Waals surface area contributed by atoms with Crippen molar-refractivity contribution in [3.05, 3.63) is 24.3 Å². The van der Waals surface area contributed by atoms with Gasteiger partial charge in [-0.3, -0.25) is 19.3 Å². The Morgan fingerprint density at radius 2 is 2.03 bits per heavy atom. The van der Waals surface area contributed by atoms with Gasteiger partial charge in [0.15, 0.2) is 0 Å². The summed E-state index contributed by atoms with van der Waals surface area (Å²) in [4.78, 5) is 40.1. The first-order valence-electron chi connectivity index (χ1n) is 9.33. The molecule has 2 atom stereocenters. The van der Waals surface area contributed by atoms with Crippen LogP contribution in [-0.2, 0) is 19.1 Å². The molecule has 158 valence electrons. The van der Waals surface area contributed by atoms with Crippen LogP contribution in [0.25, 0.3) is 0 Å². The van der Waals surface area contributed by atoms with Crippen molar-refractivity contribution >= 4 is 23.5 Å². The zero-order valence-electron chi connectivity index (χ0n) is 15.8. The van der Waals surface area contributed by atoms with Gasteiger partial charge in [-0.1, -0.05) is 6.07 Å². The van der Waals surface area contributed by atoms with Gasteiger partial charge < -0.3 is 9.47 Å². The molecule has 2 heterocycles. The number of rotatable bonds is 5. The quantitative estimate of drug-likeness (QED) is 0.544. The summed E-state index contributed by atoms with van der Waals surface area (Å²) in [5.41, 5.74) is 0.0169. The van der Waals surface area contributed by atoms with Crippen LogP contribution in [-0.4, -0.2) is 54.8 Å². The minimum atomic E-state index is -4.88. The van der Waals surface area contributed by atoms with Gasteiger partial charge in [-0.05, 0) is 38.4 Å². The molecule has 0 spiro atoms. The number of amides is 2. The lowest BCUT2D eigenvalue weighted by atomic mass is 9.96. The maximum absolute atomic E-state index is 12.9. The third-order valence-electron chi connectivity index (χ3n) is 4.95. The number of piperidine rings is 1. The number of likely N-dealkylation sites (tertiary alicyclic amines) is 1. The average molecular weight is 414 g/mol. The van der Waals surface area contributed by atoms with Crippen LogP contribution < -0.4 is 9.64 Å². The van der Waals surface area contributed by atoms with Crippen molar-refractivity contribution in [2.24, 2.45) is 5.92 Å². The van der Waals surface area contributed by atoms with Gasteiger partial charge in [0, 0.05) is 12.6 Å². The summed E-state index contributed by atoms with van der Waals surface area (Å²) in [5.74, 6) is -2.25. The predicted octanol–water partition coefficient (Wildman–Crippen LogP) is 2.49. The van der Waals surface area contributed by atoms with E-state index in [0.717, 1.165) is 17.0 Å². The monoisotopic (exact) mass is 414 g/mol. The van der Waals surface area contributed by atoms with Gasteiger partial charge in [0.2, 0.25) is 5.91 Å². The number of nitrogens with zero attached hydrogens (tertiary/aromatic N) is 2. The van der Waals surface area contributed by atoms with E-state index in [1.165, 1.54) is 12.1 Å². The van der Waals surface area contributed by atoms with Crippen LogP contribution >= 0.6 is 0 Å². The van der Waals surface area contributed by atoms with Gasteiger partial charge in [-0.25, -0.2) is 4.90 Å². The van der Waals surface area contributed by atoms with Gasteiger partial charge in [0.1, 0.15) is 5.75 Å². The van der Waals surface area contributed by atoms with E-state index >= 15 is 0 Å². The van der Waals surface area contributed by atoms with Gasteiger partial charge in [-0.2, -0.15) is 0 Å². The van der Waals surface area contributed by atoms with E-state index < -0.39 is 30.0 Å². The normalized spacial score (nSPS) is 23.4. The molecule has 29 heavy (non-hydrogen) atoms. The number of ether oxygens (including phenoxy) is 2. The zero-order chi connectivity index (χ0) is 21.2. The molecule has 2 aliphatic rings. The van der Waals surface area contributed by atoms with E-state index in [9.17, 15) is 27.6 Å². The lowest BCUT2D eigenvalue weighted by Gasteiger charge is -2.34. The maximum atomic E-state index is 12.9. The van der Waals surface area contributed by atoms with Crippen molar-refractivity contribution < 1.29 is 37.0 Å². The molecular weight excluding hydrogens is 393 g/mol. The average Bonchev–Trinajstić information content (AvgIpc) is 2.95. The second kappa shape index (κ2) is 8.40. The van der Waals surface area contributed by atoms with Crippen molar-refractivity contribution in [2.75, 3.05) is 24.6 Å². The molecule has 2 aliphatic heterocycles. The Kier molecular flexibility index (Phi) is 6.11. The van der Waals surface area contributed by atoms with Crippen molar-refractivity contribution in [3.63, 3.8) is 0 Å². The van der Waals surface area contributed by atoms with E-state index in [1.807, 2.05) is 0 Å². The van der Waals surface area contributed by atoms with Crippen molar-refractivity contribution in [2.45, 2.75) is 38.6 Å². The molecule has 0 radical (unpaired) electrons. The Bertz CT molecular complexity index is 798. The minimum Gasteiger partial charge on any atom is -0.466 e. The number of anilines is 1. The van der Waals surface area contributed by atoms with Crippen LogP contribution in [0.5, 0.6) is 5.75 Å². The van der Waals surface area contributed by atoms with Crippen LogP contribution in [0.3, 0.4) is 0 Å².